The molecule has 2 N–H and O–H groups in total. The van der Waals surface area contributed by atoms with Crippen molar-refractivity contribution in [2.24, 2.45) is 0 Å². The molecule has 0 unspecified atom stereocenters. The smallest absolute Gasteiger partial charge is 0.423 e. The summed E-state index contributed by atoms with van der Waals surface area (Å²) in [5.41, 5.74) is 0. The first-order valence-corrected chi connectivity index (χ1v) is 4.33. The SMILES string of the molecule is CC(C)[N+](C(=O)O)=[N+](C(=O)O)C(C)C. The molecule has 6 heteroatoms. The third-order valence-corrected chi connectivity index (χ3v) is 1.60. The Morgan fingerprint density at radius 1 is 0.857 bits per heavy atom. The zero-order valence-corrected chi connectivity index (χ0v) is 8.76. The number of hydrogen-bond donors (Lipinski definition) is 2. The molecule has 0 saturated heterocycles. The summed E-state index contributed by atoms with van der Waals surface area (Å²) in [5.74, 6) is 0. The van der Waals surface area contributed by atoms with E-state index in [2.05, 4.69) is 0 Å². The van der Waals surface area contributed by atoms with Crippen LogP contribution in [-0.2, 0) is 0 Å². The van der Waals surface area contributed by atoms with Gasteiger partial charge in [0.05, 0.1) is 0 Å². The predicted octanol–water partition coefficient (Wildman–Crippen LogP) is 1.64. The second-order valence-corrected chi connectivity index (χ2v) is 3.44. The van der Waals surface area contributed by atoms with Crippen LogP contribution >= 0.6 is 0 Å². The van der Waals surface area contributed by atoms with E-state index in [-0.39, 0.29) is 0 Å². The average molecular weight is 204 g/mol. The fourth-order valence-corrected chi connectivity index (χ4v) is 1.12. The van der Waals surface area contributed by atoms with Crippen molar-refractivity contribution in [1.82, 2.24) is 0 Å². The van der Waals surface area contributed by atoms with Crippen LogP contribution in [0.5, 0.6) is 0 Å². The Morgan fingerprint density at radius 3 is 1.14 bits per heavy atom. The van der Waals surface area contributed by atoms with Gasteiger partial charge >= 0.3 is 12.2 Å². The molecule has 6 nitrogen and oxygen atoms in total. The van der Waals surface area contributed by atoms with Crippen molar-refractivity contribution in [3.05, 3.63) is 0 Å². The first kappa shape index (κ1) is 12.5. The van der Waals surface area contributed by atoms with Crippen LogP contribution in [-0.4, -0.2) is 43.9 Å². The summed E-state index contributed by atoms with van der Waals surface area (Å²) in [6, 6.07) is -0.822. The summed E-state index contributed by atoms with van der Waals surface area (Å²) >= 11 is 0. The van der Waals surface area contributed by atoms with E-state index in [4.69, 9.17) is 10.2 Å². The number of nitrogens with zero attached hydrogens (tertiary/aromatic N) is 2. The molecule has 0 aliphatic rings. The summed E-state index contributed by atoms with van der Waals surface area (Å²) in [4.78, 5) is 21.6. The summed E-state index contributed by atoms with van der Waals surface area (Å²) in [6.45, 7) is 6.47. The number of azo groups is 4. The van der Waals surface area contributed by atoms with Crippen LogP contribution in [0, 0.1) is 0 Å². The molecule has 0 atom stereocenters. The first-order chi connectivity index (χ1) is 6.29. The van der Waals surface area contributed by atoms with E-state index in [1.54, 1.807) is 27.7 Å². The molecular formula is C8H16N2O4+2. The molecule has 0 aromatic carbocycles. The third-order valence-electron chi connectivity index (χ3n) is 1.60. The van der Waals surface area contributed by atoms with Crippen molar-refractivity contribution in [2.75, 3.05) is 0 Å². The van der Waals surface area contributed by atoms with Gasteiger partial charge in [-0.05, 0) is 0 Å². The van der Waals surface area contributed by atoms with Gasteiger partial charge in [0.15, 0.2) is 0 Å². The van der Waals surface area contributed by atoms with Gasteiger partial charge in [-0.3, -0.25) is 0 Å². The van der Waals surface area contributed by atoms with Gasteiger partial charge in [-0.25, -0.2) is 0 Å². The first-order valence-electron chi connectivity index (χ1n) is 4.33. The molecule has 0 aliphatic carbocycles. The maximum Gasteiger partial charge on any atom is 0.654 e. The van der Waals surface area contributed by atoms with E-state index in [1.165, 1.54) is 0 Å². The molecule has 0 aromatic heterocycles. The summed E-state index contributed by atoms with van der Waals surface area (Å²) < 4.78 is 1.60. The van der Waals surface area contributed by atoms with E-state index in [0.717, 1.165) is 9.39 Å². The van der Waals surface area contributed by atoms with Gasteiger partial charge in [-0.1, -0.05) is 0 Å². The number of hydrogen-bond acceptors (Lipinski definition) is 2. The van der Waals surface area contributed by atoms with E-state index >= 15 is 0 Å². The minimum Gasteiger partial charge on any atom is -0.423 e. The van der Waals surface area contributed by atoms with Gasteiger partial charge in [-0.15, -0.1) is 0 Å². The summed E-state index contributed by atoms with van der Waals surface area (Å²) in [6.07, 6.45) is -2.53. The van der Waals surface area contributed by atoms with Crippen molar-refractivity contribution in [3.63, 3.8) is 0 Å². The summed E-state index contributed by atoms with van der Waals surface area (Å²) in [5, 5.41) is 17.7. The van der Waals surface area contributed by atoms with Gasteiger partial charge in [0, 0.05) is 27.7 Å². The van der Waals surface area contributed by atoms with Gasteiger partial charge in [0.2, 0.25) is 12.1 Å². The second kappa shape index (κ2) is 4.69. The molecule has 0 bridgehead atoms. The molecule has 0 spiro atoms. The Bertz CT molecular complexity index is 253. The Morgan fingerprint density at radius 2 is 1.07 bits per heavy atom. The van der Waals surface area contributed by atoms with E-state index in [9.17, 15) is 9.59 Å². The van der Waals surface area contributed by atoms with Crippen LogP contribution in [0.25, 0.3) is 0 Å². The maximum absolute atomic E-state index is 10.8. The van der Waals surface area contributed by atoms with Gasteiger partial charge < -0.3 is 10.2 Å². The minimum atomic E-state index is -1.27. The van der Waals surface area contributed by atoms with Crippen LogP contribution in [0.3, 0.4) is 0 Å². The lowest BCUT2D eigenvalue weighted by molar-refractivity contribution is -0.965. The summed E-state index contributed by atoms with van der Waals surface area (Å²) in [7, 11) is 0. The molecule has 0 aliphatic heterocycles. The van der Waals surface area contributed by atoms with E-state index in [1.807, 2.05) is 0 Å². The monoisotopic (exact) mass is 204 g/mol. The highest BCUT2D eigenvalue weighted by molar-refractivity contribution is 5.56. The lowest BCUT2D eigenvalue weighted by Crippen LogP contribution is -2.41. The highest BCUT2D eigenvalue weighted by Gasteiger charge is 2.41. The standard InChI is InChI=1S/C8H14N2O4/c1-5(2)9(7(11)12)10(6(3)4)8(13)14/h5-6H,1-4H3/p+2. The number of amides is 2. The number of rotatable bonds is 2. The van der Waals surface area contributed by atoms with Crippen molar-refractivity contribution >= 4 is 12.2 Å². The number of carbonyl (C=O) groups is 2. The predicted molar refractivity (Wildman–Crippen MR) is 46.8 cm³/mol. The second-order valence-electron chi connectivity index (χ2n) is 3.44. The highest BCUT2D eigenvalue weighted by atomic mass is 16.4. The number of carboxylic acid groups (broad SMARTS) is 2. The van der Waals surface area contributed by atoms with E-state index < -0.39 is 24.3 Å². The molecule has 0 aromatic rings. The Balaban J connectivity index is 5.51. The Labute approximate surface area is 82.1 Å². The normalized spacial score (nSPS) is 13.0. The molecule has 0 fully saturated rings. The lowest BCUT2D eigenvalue weighted by atomic mass is 10.4. The fraction of sp³-hybridized carbons (Fsp3) is 0.750. The van der Waals surface area contributed by atoms with Gasteiger partial charge in [-0.2, -0.15) is 9.59 Å². The fourth-order valence-electron chi connectivity index (χ4n) is 1.12. The molecule has 0 heterocycles. The largest absolute Gasteiger partial charge is 0.654 e. The molecule has 2 amide bonds. The average Bonchev–Trinajstić information content (AvgIpc) is 1.96. The Kier molecular flexibility index (Phi) is 4.20. The third kappa shape index (κ3) is 2.79. The van der Waals surface area contributed by atoms with E-state index in [0.29, 0.717) is 0 Å². The van der Waals surface area contributed by atoms with Crippen molar-refractivity contribution in [2.45, 2.75) is 39.8 Å². The van der Waals surface area contributed by atoms with Crippen LogP contribution in [0.1, 0.15) is 27.7 Å². The van der Waals surface area contributed by atoms with Crippen molar-refractivity contribution in [3.8, 4) is 0 Å². The lowest BCUT2D eigenvalue weighted by Gasteiger charge is -1.99. The highest BCUT2D eigenvalue weighted by Crippen LogP contribution is 1.98. The van der Waals surface area contributed by atoms with Crippen LogP contribution < -0.4 is 0 Å². The molecule has 14 heavy (non-hydrogen) atoms. The van der Waals surface area contributed by atoms with Crippen molar-refractivity contribution < 1.29 is 29.2 Å². The molecule has 80 valence electrons. The zero-order valence-electron chi connectivity index (χ0n) is 8.76. The van der Waals surface area contributed by atoms with Crippen LogP contribution in [0.2, 0.25) is 0 Å². The van der Waals surface area contributed by atoms with Crippen LogP contribution in [0.4, 0.5) is 9.59 Å². The molecule has 0 radical (unpaired) electrons. The Hall–Kier alpha value is -1.46. The van der Waals surface area contributed by atoms with Gasteiger partial charge in [0.1, 0.15) is 9.39 Å². The maximum atomic E-state index is 10.8. The topological polar surface area (TPSA) is 80.6 Å². The molecule has 0 saturated carbocycles. The zero-order chi connectivity index (χ0) is 11.5. The molecular weight excluding hydrogens is 188 g/mol. The van der Waals surface area contributed by atoms with Crippen molar-refractivity contribution in [1.29, 1.82) is 0 Å². The van der Waals surface area contributed by atoms with Gasteiger partial charge in [0.25, 0.3) is 0 Å². The minimum absolute atomic E-state index is 0.411. The van der Waals surface area contributed by atoms with Crippen LogP contribution in [0.15, 0.2) is 0 Å². The molecule has 0 rings (SSSR count). The quantitative estimate of drug-likeness (QED) is 0.529.